The summed E-state index contributed by atoms with van der Waals surface area (Å²) >= 11 is 1.36. The molecule has 6 heteroatoms. The molecular weight excluding hydrogens is 386 g/mol. The van der Waals surface area contributed by atoms with Gasteiger partial charge in [0.2, 0.25) is 0 Å². The van der Waals surface area contributed by atoms with Gasteiger partial charge in [0.15, 0.2) is 0 Å². The van der Waals surface area contributed by atoms with Gasteiger partial charge >= 0.3 is 12.1 Å². The van der Waals surface area contributed by atoms with Crippen LogP contribution in [-0.2, 0) is 9.53 Å². The Morgan fingerprint density at radius 3 is 2.28 bits per heavy atom. The number of carboxylic acid groups (broad SMARTS) is 1. The van der Waals surface area contributed by atoms with Crippen LogP contribution in [0.25, 0.3) is 11.1 Å². The maximum Gasteiger partial charge on any atom is 0.411 e. The average Bonchev–Trinajstić information content (AvgIpc) is 3.29. The van der Waals surface area contributed by atoms with Gasteiger partial charge in [-0.1, -0.05) is 55.5 Å². The third-order valence-electron chi connectivity index (χ3n) is 5.35. The number of nitrogens with one attached hydrogen (secondary N) is 1. The van der Waals surface area contributed by atoms with Crippen molar-refractivity contribution in [3.05, 3.63) is 76.0 Å². The van der Waals surface area contributed by atoms with Crippen molar-refractivity contribution in [3.63, 3.8) is 0 Å². The molecule has 1 aromatic heterocycles. The Hall–Kier alpha value is -3.12. The Bertz CT molecular complexity index is 1010. The van der Waals surface area contributed by atoms with E-state index in [1.807, 2.05) is 31.2 Å². The van der Waals surface area contributed by atoms with Gasteiger partial charge in [-0.05, 0) is 34.1 Å². The number of carboxylic acids is 1. The van der Waals surface area contributed by atoms with Crippen LogP contribution in [-0.4, -0.2) is 23.8 Å². The Morgan fingerprint density at radius 1 is 1.07 bits per heavy atom. The fraction of sp³-hybridized carbons (Fsp3) is 0.217. The second-order valence-electron chi connectivity index (χ2n) is 6.99. The molecule has 0 aliphatic heterocycles. The third-order valence-corrected chi connectivity index (χ3v) is 6.12. The van der Waals surface area contributed by atoms with Crippen LogP contribution in [0.15, 0.2) is 59.3 Å². The molecule has 0 saturated heterocycles. The molecule has 1 aliphatic carbocycles. The standard InChI is InChI=1S/C23H21NO4S/c1-2-14(22(25)26)20-12-29-13-21(20)24-23(27)28-11-19-17-9-5-3-7-15(17)16-8-4-6-10-18(16)19/h3-10,12-14,19H,2,11H2,1H3,(H,24,27)(H,25,26). The fourth-order valence-electron chi connectivity index (χ4n) is 3.95. The smallest absolute Gasteiger partial charge is 0.411 e. The maximum absolute atomic E-state index is 12.4. The van der Waals surface area contributed by atoms with Crippen molar-refractivity contribution in [1.29, 1.82) is 0 Å². The molecule has 4 rings (SSSR count). The van der Waals surface area contributed by atoms with Crippen LogP contribution in [0.1, 0.15) is 41.9 Å². The molecule has 2 N–H and O–H groups in total. The number of carbonyl (C=O) groups is 2. The molecule has 0 saturated carbocycles. The topological polar surface area (TPSA) is 75.6 Å². The molecule has 3 aromatic rings. The molecule has 0 radical (unpaired) electrons. The van der Waals surface area contributed by atoms with Gasteiger partial charge in [0.1, 0.15) is 6.61 Å². The third kappa shape index (κ3) is 3.63. The molecule has 1 amide bonds. The van der Waals surface area contributed by atoms with Crippen LogP contribution in [0.4, 0.5) is 10.5 Å². The molecule has 1 heterocycles. The monoisotopic (exact) mass is 407 g/mol. The van der Waals surface area contributed by atoms with Crippen molar-refractivity contribution >= 4 is 29.1 Å². The maximum atomic E-state index is 12.4. The van der Waals surface area contributed by atoms with E-state index >= 15 is 0 Å². The van der Waals surface area contributed by atoms with Gasteiger partial charge in [-0.3, -0.25) is 10.1 Å². The summed E-state index contributed by atoms with van der Waals surface area (Å²) in [4.78, 5) is 23.9. The van der Waals surface area contributed by atoms with Gasteiger partial charge in [-0.2, -0.15) is 0 Å². The van der Waals surface area contributed by atoms with E-state index < -0.39 is 18.0 Å². The van der Waals surface area contributed by atoms with Gasteiger partial charge in [-0.15, -0.1) is 11.3 Å². The predicted molar refractivity (Wildman–Crippen MR) is 114 cm³/mol. The molecular formula is C23H21NO4S. The highest BCUT2D eigenvalue weighted by molar-refractivity contribution is 7.08. The van der Waals surface area contributed by atoms with Crippen molar-refractivity contribution in [2.24, 2.45) is 0 Å². The minimum atomic E-state index is -0.901. The number of anilines is 1. The average molecular weight is 407 g/mol. The summed E-state index contributed by atoms with van der Waals surface area (Å²) in [6.45, 7) is 2.03. The first-order chi connectivity index (χ1) is 14.1. The number of amides is 1. The molecule has 1 aliphatic rings. The number of aliphatic carboxylic acids is 1. The van der Waals surface area contributed by atoms with E-state index in [0.717, 1.165) is 11.1 Å². The Balaban J connectivity index is 1.48. The van der Waals surface area contributed by atoms with E-state index in [2.05, 4.69) is 29.6 Å². The number of fused-ring (bicyclic) bond motifs is 3. The van der Waals surface area contributed by atoms with Gasteiger partial charge in [0, 0.05) is 16.9 Å². The number of rotatable bonds is 6. The number of benzene rings is 2. The van der Waals surface area contributed by atoms with E-state index in [4.69, 9.17) is 4.74 Å². The quantitative estimate of drug-likeness (QED) is 0.551. The summed E-state index contributed by atoms with van der Waals surface area (Å²) in [6, 6.07) is 16.3. The summed E-state index contributed by atoms with van der Waals surface area (Å²) in [5.74, 6) is -1.57. The van der Waals surface area contributed by atoms with E-state index in [0.29, 0.717) is 17.7 Å². The lowest BCUT2D eigenvalue weighted by molar-refractivity contribution is -0.138. The van der Waals surface area contributed by atoms with Crippen LogP contribution in [0.3, 0.4) is 0 Å². The number of carbonyl (C=O) groups excluding carboxylic acids is 1. The summed E-state index contributed by atoms with van der Waals surface area (Å²) in [5.41, 5.74) is 5.75. The molecule has 0 bridgehead atoms. The first-order valence-corrected chi connectivity index (χ1v) is 10.4. The number of thiophene rings is 1. The highest BCUT2D eigenvalue weighted by atomic mass is 32.1. The second kappa shape index (κ2) is 8.09. The lowest BCUT2D eigenvalue weighted by atomic mass is 9.98. The zero-order valence-electron chi connectivity index (χ0n) is 15.9. The van der Waals surface area contributed by atoms with Crippen LogP contribution >= 0.6 is 11.3 Å². The van der Waals surface area contributed by atoms with E-state index in [9.17, 15) is 14.7 Å². The van der Waals surface area contributed by atoms with E-state index in [1.165, 1.54) is 22.5 Å². The van der Waals surface area contributed by atoms with Crippen LogP contribution < -0.4 is 5.32 Å². The molecule has 5 nitrogen and oxygen atoms in total. The Kier molecular flexibility index (Phi) is 5.36. The Morgan fingerprint density at radius 2 is 1.69 bits per heavy atom. The molecule has 1 unspecified atom stereocenters. The molecule has 0 fully saturated rings. The lowest BCUT2D eigenvalue weighted by Gasteiger charge is -2.15. The number of hydrogen-bond acceptors (Lipinski definition) is 4. The van der Waals surface area contributed by atoms with Crippen molar-refractivity contribution in [3.8, 4) is 11.1 Å². The van der Waals surface area contributed by atoms with E-state index in [-0.39, 0.29) is 12.5 Å². The zero-order valence-corrected chi connectivity index (χ0v) is 16.7. The summed E-state index contributed by atoms with van der Waals surface area (Å²) in [7, 11) is 0. The molecule has 0 spiro atoms. The second-order valence-corrected chi connectivity index (χ2v) is 7.73. The van der Waals surface area contributed by atoms with Crippen molar-refractivity contribution < 1.29 is 19.4 Å². The first-order valence-electron chi connectivity index (χ1n) is 9.51. The van der Waals surface area contributed by atoms with Crippen molar-refractivity contribution in [1.82, 2.24) is 0 Å². The normalized spacial score (nSPS) is 13.4. The number of hydrogen-bond donors (Lipinski definition) is 2. The largest absolute Gasteiger partial charge is 0.481 e. The SMILES string of the molecule is CCC(C(=O)O)c1cscc1NC(=O)OCC1c2ccccc2-c2ccccc21. The van der Waals surface area contributed by atoms with E-state index in [1.54, 1.807) is 10.8 Å². The highest BCUT2D eigenvalue weighted by Crippen LogP contribution is 2.44. The minimum absolute atomic E-state index is 0.0162. The summed E-state index contributed by atoms with van der Waals surface area (Å²) in [5, 5.41) is 15.6. The molecule has 148 valence electrons. The van der Waals surface area contributed by atoms with Crippen LogP contribution in [0, 0.1) is 0 Å². The van der Waals surface area contributed by atoms with Crippen LogP contribution in [0.2, 0.25) is 0 Å². The van der Waals surface area contributed by atoms with Gasteiger partial charge < -0.3 is 9.84 Å². The van der Waals surface area contributed by atoms with Gasteiger partial charge in [-0.25, -0.2) is 4.79 Å². The first kappa shape index (κ1) is 19.2. The summed E-state index contributed by atoms with van der Waals surface area (Å²) in [6.07, 6.45) is -0.127. The predicted octanol–water partition coefficient (Wildman–Crippen LogP) is 5.69. The summed E-state index contributed by atoms with van der Waals surface area (Å²) < 4.78 is 5.55. The molecule has 2 aromatic carbocycles. The zero-order chi connectivity index (χ0) is 20.4. The molecule has 29 heavy (non-hydrogen) atoms. The van der Waals surface area contributed by atoms with Crippen molar-refractivity contribution in [2.45, 2.75) is 25.2 Å². The Labute approximate surface area is 173 Å². The number of ether oxygens (including phenoxy) is 1. The van der Waals surface area contributed by atoms with Crippen molar-refractivity contribution in [2.75, 3.05) is 11.9 Å². The lowest BCUT2D eigenvalue weighted by Crippen LogP contribution is -2.19. The van der Waals surface area contributed by atoms with Crippen LogP contribution in [0.5, 0.6) is 0 Å². The van der Waals surface area contributed by atoms with Gasteiger partial charge in [0.05, 0.1) is 11.6 Å². The fourth-order valence-corrected chi connectivity index (χ4v) is 4.79. The minimum Gasteiger partial charge on any atom is -0.481 e. The highest BCUT2D eigenvalue weighted by Gasteiger charge is 2.29. The van der Waals surface area contributed by atoms with Gasteiger partial charge in [0.25, 0.3) is 0 Å². The molecule has 1 atom stereocenters.